The van der Waals surface area contributed by atoms with Gasteiger partial charge in [-0.3, -0.25) is 0 Å². The maximum atomic E-state index is 10.7. The molecule has 0 aliphatic heterocycles. The molecule has 0 saturated carbocycles. The molecule has 0 saturated heterocycles. The number of hydrogen-bond donors (Lipinski definition) is 2. The Labute approximate surface area is 82.2 Å². The van der Waals surface area contributed by atoms with E-state index in [0.29, 0.717) is 24.6 Å². The van der Waals surface area contributed by atoms with Crippen LogP contribution in [0.3, 0.4) is 0 Å². The van der Waals surface area contributed by atoms with Crippen LogP contribution in [0.4, 0.5) is 0 Å². The maximum absolute atomic E-state index is 10.7. The molecule has 1 aromatic rings. The van der Waals surface area contributed by atoms with Gasteiger partial charge in [0.05, 0.1) is 6.54 Å². The van der Waals surface area contributed by atoms with Crippen LogP contribution in [0, 0.1) is 6.92 Å². The van der Waals surface area contributed by atoms with Crippen LogP contribution < -0.4 is 5.32 Å². The van der Waals surface area contributed by atoms with Crippen LogP contribution in [0.25, 0.3) is 0 Å². The van der Waals surface area contributed by atoms with E-state index in [1.807, 2.05) is 0 Å². The van der Waals surface area contributed by atoms with Gasteiger partial charge >= 0.3 is 5.97 Å². The third-order valence-corrected chi connectivity index (χ3v) is 1.79. The lowest BCUT2D eigenvalue weighted by Crippen LogP contribution is -2.11. The van der Waals surface area contributed by atoms with E-state index in [2.05, 4.69) is 11.9 Å². The standard InChI is InChI=1S/C10H13NO3/c1-3-4-11-6-8-5-9(10(12)13)7(2)14-8/h3,5,11H,1,4,6H2,2H3,(H,12,13). The second-order valence-electron chi connectivity index (χ2n) is 2.91. The Balaban J connectivity index is 2.66. The molecule has 0 amide bonds. The molecule has 0 unspecified atom stereocenters. The fourth-order valence-electron chi connectivity index (χ4n) is 1.14. The maximum Gasteiger partial charge on any atom is 0.339 e. The van der Waals surface area contributed by atoms with Crippen LogP contribution in [0.15, 0.2) is 23.1 Å². The van der Waals surface area contributed by atoms with Gasteiger partial charge in [0.15, 0.2) is 0 Å². The minimum Gasteiger partial charge on any atom is -0.478 e. The molecule has 0 atom stereocenters. The van der Waals surface area contributed by atoms with Crippen molar-refractivity contribution in [2.24, 2.45) is 0 Å². The lowest BCUT2D eigenvalue weighted by molar-refractivity contribution is 0.0695. The highest BCUT2D eigenvalue weighted by molar-refractivity contribution is 5.88. The fourth-order valence-corrected chi connectivity index (χ4v) is 1.14. The molecule has 1 rings (SSSR count). The second-order valence-corrected chi connectivity index (χ2v) is 2.91. The number of aryl methyl sites for hydroxylation is 1. The van der Waals surface area contributed by atoms with Crippen molar-refractivity contribution in [3.05, 3.63) is 35.8 Å². The predicted octanol–water partition coefficient (Wildman–Crippen LogP) is 1.56. The Kier molecular flexibility index (Phi) is 3.48. The van der Waals surface area contributed by atoms with Crippen LogP contribution in [0.5, 0.6) is 0 Å². The van der Waals surface area contributed by atoms with Crippen molar-refractivity contribution in [3.8, 4) is 0 Å². The zero-order valence-electron chi connectivity index (χ0n) is 8.04. The van der Waals surface area contributed by atoms with Gasteiger partial charge in [0.25, 0.3) is 0 Å². The van der Waals surface area contributed by atoms with Crippen LogP contribution in [-0.2, 0) is 6.54 Å². The zero-order chi connectivity index (χ0) is 10.6. The number of nitrogens with one attached hydrogen (secondary N) is 1. The lowest BCUT2D eigenvalue weighted by atomic mass is 10.2. The van der Waals surface area contributed by atoms with E-state index in [-0.39, 0.29) is 5.56 Å². The van der Waals surface area contributed by atoms with Gasteiger partial charge in [-0.25, -0.2) is 4.79 Å². The molecule has 0 aromatic carbocycles. The topological polar surface area (TPSA) is 62.5 Å². The summed E-state index contributed by atoms with van der Waals surface area (Å²) in [7, 11) is 0. The molecule has 0 spiro atoms. The Morgan fingerprint density at radius 2 is 2.50 bits per heavy atom. The first-order chi connectivity index (χ1) is 6.65. The highest BCUT2D eigenvalue weighted by Crippen LogP contribution is 2.14. The average Bonchev–Trinajstić information content (AvgIpc) is 2.47. The van der Waals surface area contributed by atoms with Gasteiger partial charge < -0.3 is 14.8 Å². The summed E-state index contributed by atoms with van der Waals surface area (Å²) < 4.78 is 5.24. The molecular formula is C10H13NO3. The van der Waals surface area contributed by atoms with E-state index >= 15 is 0 Å². The first-order valence-electron chi connectivity index (χ1n) is 4.29. The van der Waals surface area contributed by atoms with Gasteiger partial charge in [-0.05, 0) is 13.0 Å². The summed E-state index contributed by atoms with van der Waals surface area (Å²) in [5, 5.41) is 11.8. The minimum atomic E-state index is -0.957. The highest BCUT2D eigenvalue weighted by atomic mass is 16.4. The van der Waals surface area contributed by atoms with Crippen molar-refractivity contribution in [1.82, 2.24) is 5.32 Å². The summed E-state index contributed by atoms with van der Waals surface area (Å²) in [6, 6.07) is 1.54. The molecule has 0 aliphatic carbocycles. The molecule has 1 heterocycles. The molecule has 1 aromatic heterocycles. The largest absolute Gasteiger partial charge is 0.478 e. The molecule has 0 radical (unpaired) electrons. The summed E-state index contributed by atoms with van der Waals surface area (Å²) in [6.07, 6.45) is 1.73. The first kappa shape index (κ1) is 10.5. The summed E-state index contributed by atoms with van der Waals surface area (Å²) in [5.41, 5.74) is 0.223. The van der Waals surface area contributed by atoms with Crippen LogP contribution in [0.1, 0.15) is 21.9 Å². The minimum absolute atomic E-state index is 0.223. The van der Waals surface area contributed by atoms with Crippen molar-refractivity contribution < 1.29 is 14.3 Å². The zero-order valence-corrected chi connectivity index (χ0v) is 8.04. The molecule has 76 valence electrons. The second kappa shape index (κ2) is 4.62. The SMILES string of the molecule is C=CCNCc1cc(C(=O)O)c(C)o1. The molecule has 0 aliphatic rings. The third-order valence-electron chi connectivity index (χ3n) is 1.79. The summed E-state index contributed by atoms with van der Waals surface area (Å²) in [4.78, 5) is 10.7. The monoisotopic (exact) mass is 195 g/mol. The number of carboxylic acids is 1. The number of furan rings is 1. The van der Waals surface area contributed by atoms with E-state index in [9.17, 15) is 4.79 Å². The van der Waals surface area contributed by atoms with Crippen molar-refractivity contribution in [3.63, 3.8) is 0 Å². The van der Waals surface area contributed by atoms with Crippen molar-refractivity contribution in [1.29, 1.82) is 0 Å². The van der Waals surface area contributed by atoms with E-state index in [0.717, 1.165) is 0 Å². The molecule has 0 bridgehead atoms. The highest BCUT2D eigenvalue weighted by Gasteiger charge is 2.12. The van der Waals surface area contributed by atoms with E-state index in [1.54, 1.807) is 13.0 Å². The number of carbonyl (C=O) groups is 1. The summed E-state index contributed by atoms with van der Waals surface area (Å²) in [6.45, 7) is 6.38. The molecule has 2 N–H and O–H groups in total. The third kappa shape index (κ3) is 2.47. The predicted molar refractivity (Wildman–Crippen MR) is 52.3 cm³/mol. The van der Waals surface area contributed by atoms with E-state index < -0.39 is 5.97 Å². The van der Waals surface area contributed by atoms with Gasteiger partial charge in [0, 0.05) is 6.54 Å². The Morgan fingerprint density at radius 3 is 3.00 bits per heavy atom. The number of rotatable bonds is 5. The van der Waals surface area contributed by atoms with Crippen LogP contribution >= 0.6 is 0 Å². The normalized spacial score (nSPS) is 10.1. The van der Waals surface area contributed by atoms with Crippen molar-refractivity contribution in [2.75, 3.05) is 6.54 Å². The lowest BCUT2D eigenvalue weighted by Gasteiger charge is -1.95. The number of carboxylic acid groups (broad SMARTS) is 1. The van der Waals surface area contributed by atoms with Gasteiger partial charge in [-0.2, -0.15) is 0 Å². The fraction of sp³-hybridized carbons (Fsp3) is 0.300. The smallest absolute Gasteiger partial charge is 0.339 e. The molecule has 4 nitrogen and oxygen atoms in total. The number of aromatic carboxylic acids is 1. The molecule has 4 heteroatoms. The van der Waals surface area contributed by atoms with Crippen LogP contribution in [0.2, 0.25) is 0 Å². The first-order valence-corrected chi connectivity index (χ1v) is 4.29. The van der Waals surface area contributed by atoms with Gasteiger partial charge in [0.2, 0.25) is 0 Å². The number of hydrogen-bond acceptors (Lipinski definition) is 3. The van der Waals surface area contributed by atoms with E-state index in [1.165, 1.54) is 6.07 Å². The molecule has 0 fully saturated rings. The Hall–Kier alpha value is -1.55. The Morgan fingerprint density at radius 1 is 1.79 bits per heavy atom. The van der Waals surface area contributed by atoms with Gasteiger partial charge in [0.1, 0.15) is 17.1 Å². The van der Waals surface area contributed by atoms with Crippen molar-refractivity contribution >= 4 is 5.97 Å². The van der Waals surface area contributed by atoms with E-state index in [4.69, 9.17) is 9.52 Å². The summed E-state index contributed by atoms with van der Waals surface area (Å²) in [5.74, 6) is 0.107. The Bertz CT molecular complexity index is 341. The van der Waals surface area contributed by atoms with Gasteiger partial charge in [-0.1, -0.05) is 6.08 Å². The van der Waals surface area contributed by atoms with Crippen LogP contribution in [-0.4, -0.2) is 17.6 Å². The summed E-state index contributed by atoms with van der Waals surface area (Å²) >= 11 is 0. The van der Waals surface area contributed by atoms with Gasteiger partial charge in [-0.15, -0.1) is 6.58 Å². The molecule has 14 heavy (non-hydrogen) atoms. The average molecular weight is 195 g/mol. The van der Waals surface area contributed by atoms with Crippen molar-refractivity contribution in [2.45, 2.75) is 13.5 Å². The quantitative estimate of drug-likeness (QED) is 0.553. The molecular weight excluding hydrogens is 182 g/mol.